The Morgan fingerprint density at radius 2 is 1.92 bits per heavy atom. The minimum atomic E-state index is -0.132. The number of rotatable bonds is 7. The van der Waals surface area contributed by atoms with Gasteiger partial charge in [0, 0.05) is 24.0 Å². The third-order valence-corrected chi connectivity index (χ3v) is 4.32. The van der Waals surface area contributed by atoms with E-state index in [-0.39, 0.29) is 11.5 Å². The number of methoxy groups -OCH3 is 1. The highest BCUT2D eigenvalue weighted by atomic mass is 16.5. The fraction of sp³-hybridized carbons (Fsp3) is 0.238. The highest BCUT2D eigenvalue weighted by Crippen LogP contribution is 2.13. The van der Waals surface area contributed by atoms with Crippen LogP contribution in [0.5, 0.6) is 5.75 Å². The van der Waals surface area contributed by atoms with Crippen molar-refractivity contribution in [1.82, 2.24) is 10.3 Å². The predicted molar refractivity (Wildman–Crippen MR) is 103 cm³/mol. The first-order valence-electron chi connectivity index (χ1n) is 8.66. The van der Waals surface area contributed by atoms with Crippen LogP contribution in [0.3, 0.4) is 0 Å². The van der Waals surface area contributed by atoms with Crippen molar-refractivity contribution < 1.29 is 9.53 Å². The van der Waals surface area contributed by atoms with Gasteiger partial charge in [-0.2, -0.15) is 0 Å². The van der Waals surface area contributed by atoms with Gasteiger partial charge in [0.2, 0.25) is 5.91 Å². The van der Waals surface area contributed by atoms with Crippen LogP contribution in [-0.4, -0.2) is 24.5 Å². The van der Waals surface area contributed by atoms with E-state index in [0.29, 0.717) is 24.9 Å². The Balaban J connectivity index is 1.51. The minimum Gasteiger partial charge on any atom is -0.497 e. The van der Waals surface area contributed by atoms with Crippen LogP contribution in [-0.2, 0) is 17.6 Å². The third kappa shape index (κ3) is 4.51. The van der Waals surface area contributed by atoms with Crippen molar-refractivity contribution in [2.24, 2.45) is 0 Å². The normalized spacial score (nSPS) is 10.7. The van der Waals surface area contributed by atoms with Gasteiger partial charge >= 0.3 is 0 Å². The Labute approximate surface area is 152 Å². The van der Waals surface area contributed by atoms with Gasteiger partial charge in [-0.05, 0) is 48.1 Å². The van der Waals surface area contributed by atoms with Crippen LogP contribution in [0.4, 0.5) is 0 Å². The molecule has 134 valence electrons. The van der Waals surface area contributed by atoms with E-state index in [1.165, 1.54) is 0 Å². The van der Waals surface area contributed by atoms with Crippen LogP contribution in [0.15, 0.2) is 59.4 Å². The second-order valence-electron chi connectivity index (χ2n) is 6.16. The van der Waals surface area contributed by atoms with Crippen molar-refractivity contribution in [3.05, 3.63) is 76.1 Å². The van der Waals surface area contributed by atoms with E-state index in [0.717, 1.165) is 28.6 Å². The summed E-state index contributed by atoms with van der Waals surface area (Å²) in [6.45, 7) is 0.556. The Morgan fingerprint density at radius 3 is 2.77 bits per heavy atom. The van der Waals surface area contributed by atoms with Crippen molar-refractivity contribution in [3.63, 3.8) is 0 Å². The molecule has 0 aliphatic rings. The van der Waals surface area contributed by atoms with E-state index in [9.17, 15) is 9.59 Å². The number of H-pyrrole nitrogens is 1. The molecule has 2 N–H and O–H groups in total. The highest BCUT2D eigenvalue weighted by molar-refractivity contribution is 5.79. The van der Waals surface area contributed by atoms with Gasteiger partial charge in [-0.3, -0.25) is 9.59 Å². The molecule has 0 spiro atoms. The maximum absolute atomic E-state index is 12.1. The third-order valence-electron chi connectivity index (χ3n) is 4.32. The van der Waals surface area contributed by atoms with Crippen molar-refractivity contribution in [3.8, 4) is 5.75 Å². The summed E-state index contributed by atoms with van der Waals surface area (Å²) < 4.78 is 5.19. The molecule has 3 aromatic rings. The van der Waals surface area contributed by atoms with E-state index in [1.807, 2.05) is 54.6 Å². The first-order valence-corrected chi connectivity index (χ1v) is 8.66. The summed E-state index contributed by atoms with van der Waals surface area (Å²) in [4.78, 5) is 27.0. The number of fused-ring (bicyclic) bond motifs is 1. The first-order chi connectivity index (χ1) is 12.7. The van der Waals surface area contributed by atoms with Gasteiger partial charge in [0.1, 0.15) is 5.75 Å². The quantitative estimate of drug-likeness (QED) is 0.688. The van der Waals surface area contributed by atoms with Crippen LogP contribution >= 0.6 is 0 Å². The Bertz CT molecular complexity index is 963. The lowest BCUT2D eigenvalue weighted by atomic mass is 10.1. The average molecular weight is 350 g/mol. The van der Waals surface area contributed by atoms with Crippen molar-refractivity contribution in [1.29, 1.82) is 0 Å². The predicted octanol–water partition coefficient (Wildman–Crippen LogP) is 2.83. The van der Waals surface area contributed by atoms with E-state index >= 15 is 0 Å². The number of benzene rings is 2. The molecule has 26 heavy (non-hydrogen) atoms. The van der Waals surface area contributed by atoms with Gasteiger partial charge in [-0.15, -0.1) is 0 Å². The summed E-state index contributed by atoms with van der Waals surface area (Å²) in [6.07, 6.45) is 1.45. The fourth-order valence-corrected chi connectivity index (χ4v) is 2.89. The summed E-state index contributed by atoms with van der Waals surface area (Å²) in [5.41, 5.74) is 2.42. The molecule has 0 saturated heterocycles. The van der Waals surface area contributed by atoms with Crippen LogP contribution < -0.4 is 15.6 Å². The molecule has 1 aromatic heterocycles. The van der Waals surface area contributed by atoms with Gasteiger partial charge in [0.05, 0.1) is 7.11 Å². The summed E-state index contributed by atoms with van der Waals surface area (Å²) in [5.74, 6) is 0.754. The number of hydrogen-bond donors (Lipinski definition) is 2. The minimum absolute atomic E-state index is 0.0551. The second-order valence-corrected chi connectivity index (χ2v) is 6.16. The van der Waals surface area contributed by atoms with Gasteiger partial charge in [-0.1, -0.05) is 30.3 Å². The molecular weight excluding hydrogens is 328 g/mol. The Morgan fingerprint density at radius 1 is 1.08 bits per heavy atom. The van der Waals surface area contributed by atoms with Crippen molar-refractivity contribution in [2.45, 2.75) is 19.3 Å². The first kappa shape index (κ1) is 17.7. The number of aryl methyl sites for hydroxylation is 1. The van der Waals surface area contributed by atoms with Gasteiger partial charge in [0.25, 0.3) is 5.56 Å². The molecule has 1 amide bonds. The highest BCUT2D eigenvalue weighted by Gasteiger charge is 2.07. The van der Waals surface area contributed by atoms with Crippen LogP contribution in [0.1, 0.15) is 17.5 Å². The van der Waals surface area contributed by atoms with Gasteiger partial charge < -0.3 is 15.0 Å². The number of nitrogens with one attached hydrogen (secondary N) is 2. The smallest absolute Gasteiger partial charge is 0.251 e. The van der Waals surface area contributed by atoms with Gasteiger partial charge in [-0.25, -0.2) is 0 Å². The maximum atomic E-state index is 12.1. The lowest BCUT2D eigenvalue weighted by Gasteiger charge is -2.07. The molecule has 0 aliphatic heterocycles. The van der Waals surface area contributed by atoms with E-state index in [2.05, 4.69) is 10.3 Å². The van der Waals surface area contributed by atoms with Crippen LogP contribution in [0, 0.1) is 0 Å². The number of para-hydroxylation sites is 1. The van der Waals surface area contributed by atoms with Crippen LogP contribution in [0.25, 0.3) is 10.9 Å². The monoisotopic (exact) mass is 350 g/mol. The second kappa shape index (κ2) is 8.34. The van der Waals surface area contributed by atoms with E-state index < -0.39 is 0 Å². The number of carbonyl (C=O) groups excluding carboxylic acids is 1. The zero-order chi connectivity index (χ0) is 18.4. The average Bonchev–Trinajstić information content (AvgIpc) is 2.66. The topological polar surface area (TPSA) is 71.2 Å². The molecule has 2 aromatic carbocycles. The summed E-state index contributed by atoms with van der Waals surface area (Å²) >= 11 is 0. The van der Waals surface area contributed by atoms with Crippen molar-refractivity contribution >= 4 is 16.8 Å². The number of ether oxygens (including phenoxy) is 1. The molecule has 5 nitrogen and oxygen atoms in total. The number of hydrogen-bond acceptors (Lipinski definition) is 3. The molecule has 0 fully saturated rings. The number of pyridine rings is 1. The number of carbonyl (C=O) groups is 1. The fourth-order valence-electron chi connectivity index (χ4n) is 2.89. The number of aromatic nitrogens is 1. The molecule has 5 heteroatoms. The summed E-state index contributed by atoms with van der Waals surface area (Å²) in [6, 6.07) is 17.3. The molecule has 0 aliphatic carbocycles. The van der Waals surface area contributed by atoms with Crippen molar-refractivity contribution in [2.75, 3.05) is 13.7 Å². The molecule has 3 rings (SSSR count). The van der Waals surface area contributed by atoms with Gasteiger partial charge in [0.15, 0.2) is 0 Å². The number of aromatic amines is 1. The molecule has 0 atom stereocenters. The largest absolute Gasteiger partial charge is 0.497 e. The molecule has 1 heterocycles. The van der Waals surface area contributed by atoms with E-state index in [1.54, 1.807) is 7.11 Å². The summed E-state index contributed by atoms with van der Waals surface area (Å²) in [7, 11) is 1.63. The maximum Gasteiger partial charge on any atom is 0.251 e. The van der Waals surface area contributed by atoms with E-state index in [4.69, 9.17) is 4.74 Å². The SMILES string of the molecule is COc1cccc(CCNC(=O)CCc2cc3ccccc3[nH]c2=O)c1. The lowest BCUT2D eigenvalue weighted by molar-refractivity contribution is -0.121. The molecule has 0 bridgehead atoms. The standard InChI is InChI=1S/C21H22N2O3/c1-26-18-7-4-5-15(13-18)11-12-22-20(24)10-9-17-14-16-6-2-3-8-19(16)23-21(17)25/h2-8,13-14H,9-12H2,1H3,(H,22,24)(H,23,25). The molecular formula is C21H22N2O3. The summed E-state index contributed by atoms with van der Waals surface area (Å²) in [5, 5.41) is 3.88. The molecule has 0 unspecified atom stereocenters. The number of amides is 1. The Kier molecular flexibility index (Phi) is 5.69. The Hall–Kier alpha value is -3.08. The molecule has 0 radical (unpaired) electrons. The van der Waals surface area contributed by atoms with Crippen LogP contribution in [0.2, 0.25) is 0 Å². The zero-order valence-electron chi connectivity index (χ0n) is 14.7. The zero-order valence-corrected chi connectivity index (χ0v) is 14.7. The molecule has 0 saturated carbocycles. The lowest BCUT2D eigenvalue weighted by Crippen LogP contribution is -2.26.